The lowest BCUT2D eigenvalue weighted by Crippen LogP contribution is -2.57. The zero-order valence-electron chi connectivity index (χ0n) is 36.8. The molecule has 40 heavy (non-hydrogen) atoms. The number of hydrogen-bond donors (Lipinski definition) is 2. The predicted molar refractivity (Wildman–Crippen MR) is 150 cm³/mol. The zero-order valence-corrected chi connectivity index (χ0v) is 22.5. The number of hydrogen-bond acceptors (Lipinski definition) is 8. The highest BCUT2D eigenvalue weighted by molar-refractivity contribution is 7.89. The molecular weight excluding hydrogens is 554 g/mol. The molecule has 2 aromatic carbocycles. The molecule has 2 unspecified atom stereocenters. The summed E-state index contributed by atoms with van der Waals surface area (Å²) in [6.45, 7) is -5.54. The standard InChI is InChI=1S/C28H33N3O7S2/c1-18(2)14-30(40(35,36)20-8-9-22-26(13-20)39-17-29-22)15-25(32)23(12-19-6-4-3-5-7-19)31(28(33)34)24-16-38-27-21(24)10-11-37-27/h3-11,13,17-18,21,23-25,27,32H,12,14-16H2,1-2H3,(H,33,34)/t21-,23-,24?,25+,27-/m0/s1/i3D,4D,5D,6D,7D,8D,9D,12D2,13D,14D,15D2,17D,23D,25D/t14?,21-,23-,24?,25+,27-. The van der Waals surface area contributed by atoms with E-state index in [4.69, 9.17) is 23.2 Å². The van der Waals surface area contributed by atoms with Crippen LogP contribution in [0.3, 0.4) is 0 Å². The van der Waals surface area contributed by atoms with E-state index in [1.54, 1.807) is 0 Å². The fourth-order valence-electron chi connectivity index (χ4n) is 3.94. The predicted octanol–water partition coefficient (Wildman–Crippen LogP) is 3.78. The Balaban J connectivity index is 1.90. The maximum atomic E-state index is 14.7. The maximum Gasteiger partial charge on any atom is 0.408 e. The van der Waals surface area contributed by atoms with Crippen LogP contribution in [0.4, 0.5) is 4.79 Å². The molecule has 0 radical (unpaired) electrons. The summed E-state index contributed by atoms with van der Waals surface area (Å²) in [6, 6.07) is -16.1. The molecule has 1 saturated heterocycles. The summed E-state index contributed by atoms with van der Waals surface area (Å²) < 4.78 is 179. The van der Waals surface area contributed by atoms with Crippen molar-refractivity contribution in [2.24, 2.45) is 11.8 Å². The van der Waals surface area contributed by atoms with Crippen LogP contribution in [0.1, 0.15) is 41.3 Å². The second kappa shape index (κ2) is 11.8. The van der Waals surface area contributed by atoms with Crippen LogP contribution < -0.4 is 0 Å². The monoisotopic (exact) mass is 603 g/mol. The second-order valence-corrected chi connectivity index (χ2v) is 11.3. The van der Waals surface area contributed by atoms with Gasteiger partial charge in [-0.25, -0.2) is 18.2 Å². The molecule has 2 N–H and O–H groups in total. The van der Waals surface area contributed by atoms with Crippen LogP contribution in [0.15, 0.2) is 71.1 Å². The van der Waals surface area contributed by atoms with Crippen molar-refractivity contribution < 1.29 is 54.8 Å². The molecule has 0 saturated carbocycles. The van der Waals surface area contributed by atoms with Crippen LogP contribution in [0.25, 0.3) is 10.2 Å². The van der Waals surface area contributed by atoms with Gasteiger partial charge in [0.1, 0.15) is 0 Å². The Morgan fingerprint density at radius 1 is 1.30 bits per heavy atom. The zero-order chi connectivity index (χ0) is 42.6. The van der Waals surface area contributed by atoms with Crippen molar-refractivity contribution in [3.05, 3.63) is 71.7 Å². The van der Waals surface area contributed by atoms with E-state index in [9.17, 15) is 31.6 Å². The van der Waals surface area contributed by atoms with Crippen LogP contribution >= 0.6 is 11.3 Å². The SMILES string of the molecule is [2H]c1nc2c([2H])c([2H])c(S(=O)(=O)N(C([2H])C(C)C)C([2H])([2H])[C@@]([2H])(O)[C@@]([2H])(N(C(=O)O)C3CO[C@@H]4OC=C[C@@H]34)C([2H])([2H])c3c([2H])c([2H])c([2H])c([2H])c3[2H])c([2H])c2s1. The number of carboxylic acid groups (broad SMARTS) is 1. The quantitative estimate of drug-likeness (QED) is 0.339. The molecule has 2 aliphatic heterocycles. The number of benzene rings is 2. The molecular formula is C28H33N3O7S2. The second-order valence-electron chi connectivity index (χ2n) is 8.78. The maximum absolute atomic E-state index is 14.7. The molecule has 10 nitrogen and oxygen atoms in total. The third-order valence-corrected chi connectivity index (χ3v) is 7.79. The first kappa shape index (κ1) is 14.7. The van der Waals surface area contributed by atoms with E-state index in [2.05, 4.69) is 4.98 Å². The van der Waals surface area contributed by atoms with Gasteiger partial charge >= 0.3 is 6.09 Å². The Morgan fingerprint density at radius 2 is 2.08 bits per heavy atom. The molecule has 5 rings (SSSR count). The lowest BCUT2D eigenvalue weighted by atomic mass is 9.94. The van der Waals surface area contributed by atoms with Gasteiger partial charge < -0.3 is 19.7 Å². The van der Waals surface area contributed by atoms with E-state index in [1.807, 2.05) is 0 Å². The van der Waals surface area contributed by atoms with Gasteiger partial charge in [0.25, 0.3) is 0 Å². The van der Waals surface area contributed by atoms with E-state index < -0.39 is 157 Å². The molecule has 6 atom stereocenters. The Hall–Kier alpha value is -3.03. The summed E-state index contributed by atoms with van der Waals surface area (Å²) in [6.07, 6.45) is -10.6. The fraction of sp³-hybridized carbons (Fsp3) is 0.429. The number of aliphatic hydroxyl groups is 1. The summed E-state index contributed by atoms with van der Waals surface area (Å²) in [5.74, 6) is -2.58. The number of aromatic nitrogens is 1. The van der Waals surface area contributed by atoms with Crippen LogP contribution in [0, 0.1) is 11.8 Å². The average molecular weight is 604 g/mol. The highest BCUT2D eigenvalue weighted by Gasteiger charge is 2.48. The highest BCUT2D eigenvalue weighted by Crippen LogP contribution is 2.34. The Kier molecular flexibility index (Phi) is 4.36. The lowest BCUT2D eigenvalue weighted by molar-refractivity contribution is -0.0690. The molecule has 3 aromatic rings. The molecule has 1 amide bonds. The number of sulfonamides is 1. The number of ether oxygens (including phenoxy) is 2. The van der Waals surface area contributed by atoms with Crippen molar-refractivity contribution in [2.75, 3.05) is 19.6 Å². The summed E-state index contributed by atoms with van der Waals surface area (Å²) in [5, 5.41) is 23.1. The molecule has 12 heteroatoms. The first-order valence-electron chi connectivity index (χ1n) is 19.7. The summed E-state index contributed by atoms with van der Waals surface area (Å²) in [5.41, 5.74) is -2.49. The highest BCUT2D eigenvalue weighted by atomic mass is 32.2. The van der Waals surface area contributed by atoms with Crippen molar-refractivity contribution in [1.82, 2.24) is 14.2 Å². The van der Waals surface area contributed by atoms with Crippen molar-refractivity contribution in [2.45, 2.75) is 49.5 Å². The number of fused-ring (bicyclic) bond motifs is 2. The number of carbonyl (C=O) groups is 1. The minimum absolute atomic E-state index is 0.283. The van der Waals surface area contributed by atoms with Crippen molar-refractivity contribution in [3.63, 3.8) is 0 Å². The molecule has 0 bridgehead atoms. The molecule has 1 fully saturated rings. The van der Waals surface area contributed by atoms with Gasteiger partial charge in [0.15, 0.2) is 0 Å². The van der Waals surface area contributed by atoms with Gasteiger partial charge in [-0.3, -0.25) is 4.90 Å². The third kappa shape index (κ3) is 5.86. The van der Waals surface area contributed by atoms with Crippen molar-refractivity contribution >= 4 is 37.7 Å². The average Bonchev–Trinajstić information content (AvgIpc) is 3.82. The van der Waals surface area contributed by atoms with Crippen molar-refractivity contribution in [1.29, 1.82) is 0 Å². The lowest BCUT2D eigenvalue weighted by Gasteiger charge is -2.39. The van der Waals surface area contributed by atoms with Gasteiger partial charge in [0.05, 0.1) is 72.6 Å². The summed E-state index contributed by atoms with van der Waals surface area (Å²) >= 11 is 0.407. The molecule has 214 valence electrons. The largest absolute Gasteiger partial charge is 0.472 e. The van der Waals surface area contributed by atoms with E-state index in [0.717, 1.165) is 6.26 Å². The number of thiazole rings is 1. The Labute approximate surface area is 260 Å². The van der Waals surface area contributed by atoms with Gasteiger partial charge in [-0.2, -0.15) is 4.31 Å². The molecule has 0 spiro atoms. The topological polar surface area (TPSA) is 130 Å². The van der Waals surface area contributed by atoms with E-state index >= 15 is 0 Å². The van der Waals surface area contributed by atoms with Gasteiger partial charge in [-0.05, 0) is 42.1 Å². The third-order valence-electron chi connectivity index (χ3n) is 5.66. The minimum atomic E-state index is -6.01. The molecule has 1 aromatic heterocycles. The Bertz CT molecular complexity index is 2230. The number of nitrogens with zero attached hydrogens (tertiary/aromatic N) is 3. The minimum Gasteiger partial charge on any atom is -0.472 e. The van der Waals surface area contributed by atoms with Gasteiger partial charge in [0, 0.05) is 19.9 Å². The van der Waals surface area contributed by atoms with Crippen LogP contribution in [0.2, 0.25) is 0 Å². The van der Waals surface area contributed by atoms with Crippen LogP contribution in [0.5, 0.6) is 0 Å². The first-order valence-corrected chi connectivity index (χ1v) is 13.9. The smallest absolute Gasteiger partial charge is 0.408 e. The van der Waals surface area contributed by atoms with Gasteiger partial charge in [-0.1, -0.05) is 44.1 Å². The molecule has 3 heterocycles. The summed E-state index contributed by atoms with van der Waals surface area (Å²) in [4.78, 5) is 15.3. The van der Waals surface area contributed by atoms with E-state index in [0.29, 0.717) is 11.3 Å². The fourth-order valence-corrected chi connectivity index (χ4v) is 5.80. The van der Waals surface area contributed by atoms with Crippen LogP contribution in [-0.4, -0.2) is 83.0 Å². The van der Waals surface area contributed by atoms with E-state index in [-0.39, 0.29) is 4.90 Å². The van der Waals surface area contributed by atoms with Crippen LogP contribution in [-0.2, 0) is 25.9 Å². The summed E-state index contributed by atoms with van der Waals surface area (Å²) in [7, 11) is -6.01. The van der Waals surface area contributed by atoms with Gasteiger partial charge in [0.2, 0.25) is 16.3 Å². The molecule has 0 aliphatic carbocycles. The van der Waals surface area contributed by atoms with Crippen molar-refractivity contribution in [3.8, 4) is 0 Å². The van der Waals surface area contributed by atoms with E-state index in [1.165, 1.54) is 19.9 Å². The number of amides is 1. The number of rotatable bonds is 11. The normalized spacial score (nSPS) is 30.8. The van der Waals surface area contributed by atoms with Gasteiger partial charge in [-0.15, -0.1) is 11.3 Å². The first-order chi connectivity index (χ1) is 25.5. The Morgan fingerprint density at radius 3 is 2.80 bits per heavy atom. The molecule has 2 aliphatic rings.